The van der Waals surface area contributed by atoms with Crippen molar-refractivity contribution in [1.82, 2.24) is 0 Å². The highest BCUT2D eigenvalue weighted by molar-refractivity contribution is 5.90. The van der Waals surface area contributed by atoms with Gasteiger partial charge < -0.3 is 10.3 Å². The fraction of sp³-hybridized carbons (Fsp3) is 0.667. The zero-order chi connectivity index (χ0) is 7.56. The molecule has 1 rings (SSSR count). The van der Waals surface area contributed by atoms with E-state index in [1.54, 1.807) is 0 Å². The molecule has 4 nitrogen and oxygen atoms in total. The van der Waals surface area contributed by atoms with Crippen molar-refractivity contribution in [3.05, 3.63) is 0 Å². The second kappa shape index (κ2) is 2.68. The fourth-order valence-corrected chi connectivity index (χ4v) is 1.13. The minimum absolute atomic E-state index is 0.328. The van der Waals surface area contributed by atoms with E-state index in [-0.39, 0.29) is 5.92 Å². The fourth-order valence-electron chi connectivity index (χ4n) is 1.13. The second-order valence-electron chi connectivity index (χ2n) is 2.44. The molecule has 0 spiro atoms. The molecule has 10 heavy (non-hydrogen) atoms. The third-order valence-electron chi connectivity index (χ3n) is 1.75. The molecular weight excluding hydrogens is 134 g/mol. The monoisotopic (exact) mass is 143 g/mol. The van der Waals surface area contributed by atoms with Crippen LogP contribution in [0.1, 0.15) is 19.3 Å². The minimum Gasteiger partial charge on any atom is -0.481 e. The number of carboxylic acids is 1. The SMILES string of the molecule is O=C(O)[C@H]1CC/C(=N\O)C1. The summed E-state index contributed by atoms with van der Waals surface area (Å²) in [6.07, 6.45) is 1.63. The summed E-state index contributed by atoms with van der Waals surface area (Å²) in [5, 5.41) is 19.7. The molecule has 4 heteroatoms. The standard InChI is InChI=1S/C6H9NO3/c8-6(9)4-1-2-5(3-4)7-10/h4,10H,1-3H2,(H,8,9)/b7-5+/t4-/m0/s1. The molecule has 1 aliphatic carbocycles. The Morgan fingerprint density at radius 2 is 2.40 bits per heavy atom. The molecule has 0 aromatic rings. The van der Waals surface area contributed by atoms with E-state index in [9.17, 15) is 4.79 Å². The first kappa shape index (κ1) is 7.05. The molecule has 0 aromatic heterocycles. The van der Waals surface area contributed by atoms with Gasteiger partial charge in [0, 0.05) is 6.42 Å². The summed E-state index contributed by atoms with van der Waals surface area (Å²) in [5.74, 6) is -1.12. The molecule has 56 valence electrons. The topological polar surface area (TPSA) is 69.9 Å². The predicted octanol–water partition coefficient (Wildman–Crippen LogP) is 0.701. The number of nitrogens with zero attached hydrogens (tertiary/aromatic N) is 1. The quantitative estimate of drug-likeness (QED) is 0.419. The van der Waals surface area contributed by atoms with Crippen molar-refractivity contribution >= 4 is 11.7 Å². The van der Waals surface area contributed by atoms with Gasteiger partial charge in [-0.3, -0.25) is 4.79 Å². The minimum atomic E-state index is -0.793. The predicted molar refractivity (Wildman–Crippen MR) is 34.2 cm³/mol. The summed E-state index contributed by atoms with van der Waals surface area (Å²) in [5.41, 5.74) is 0.604. The van der Waals surface area contributed by atoms with E-state index in [0.717, 1.165) is 0 Å². The molecule has 0 bridgehead atoms. The lowest BCUT2D eigenvalue weighted by Gasteiger charge is -1.97. The number of carboxylic acid groups (broad SMARTS) is 1. The first-order valence-corrected chi connectivity index (χ1v) is 3.16. The zero-order valence-electron chi connectivity index (χ0n) is 5.45. The smallest absolute Gasteiger partial charge is 0.306 e. The second-order valence-corrected chi connectivity index (χ2v) is 2.44. The lowest BCUT2D eigenvalue weighted by atomic mass is 10.1. The number of hydrogen-bond acceptors (Lipinski definition) is 3. The number of rotatable bonds is 1. The molecule has 0 aromatic carbocycles. The van der Waals surface area contributed by atoms with Gasteiger partial charge in [0.25, 0.3) is 0 Å². The number of aliphatic carboxylic acids is 1. The van der Waals surface area contributed by atoms with Crippen molar-refractivity contribution < 1.29 is 15.1 Å². The molecule has 0 saturated heterocycles. The molecule has 0 amide bonds. The summed E-state index contributed by atoms with van der Waals surface area (Å²) in [6, 6.07) is 0. The van der Waals surface area contributed by atoms with Gasteiger partial charge in [0.1, 0.15) is 0 Å². The summed E-state index contributed by atoms with van der Waals surface area (Å²) in [4.78, 5) is 10.3. The van der Waals surface area contributed by atoms with Crippen molar-refractivity contribution in [3.8, 4) is 0 Å². The van der Waals surface area contributed by atoms with E-state index in [0.29, 0.717) is 25.0 Å². The van der Waals surface area contributed by atoms with Crippen LogP contribution in [0, 0.1) is 5.92 Å². The van der Waals surface area contributed by atoms with Gasteiger partial charge >= 0.3 is 5.97 Å². The van der Waals surface area contributed by atoms with E-state index in [1.165, 1.54) is 0 Å². The lowest BCUT2D eigenvalue weighted by Crippen LogP contribution is -2.09. The van der Waals surface area contributed by atoms with E-state index in [4.69, 9.17) is 10.3 Å². The maximum Gasteiger partial charge on any atom is 0.306 e. The van der Waals surface area contributed by atoms with Crippen LogP contribution < -0.4 is 0 Å². The molecule has 0 unspecified atom stereocenters. The van der Waals surface area contributed by atoms with Crippen LogP contribution in [0.15, 0.2) is 5.16 Å². The van der Waals surface area contributed by atoms with Crippen LogP contribution in [-0.2, 0) is 4.79 Å². The normalized spacial score (nSPS) is 29.2. The van der Waals surface area contributed by atoms with Crippen molar-refractivity contribution in [2.75, 3.05) is 0 Å². The van der Waals surface area contributed by atoms with E-state index < -0.39 is 5.97 Å². The van der Waals surface area contributed by atoms with Gasteiger partial charge in [0.15, 0.2) is 0 Å². The van der Waals surface area contributed by atoms with Gasteiger partial charge in [0.05, 0.1) is 11.6 Å². The summed E-state index contributed by atoms with van der Waals surface area (Å²) < 4.78 is 0. The van der Waals surface area contributed by atoms with Gasteiger partial charge in [-0.2, -0.15) is 0 Å². The Hall–Kier alpha value is -1.06. The highest BCUT2D eigenvalue weighted by atomic mass is 16.4. The third kappa shape index (κ3) is 1.26. The van der Waals surface area contributed by atoms with Gasteiger partial charge in [-0.25, -0.2) is 0 Å². The average Bonchev–Trinajstić information content (AvgIpc) is 2.34. The third-order valence-corrected chi connectivity index (χ3v) is 1.75. The van der Waals surface area contributed by atoms with Crippen LogP contribution in [0.2, 0.25) is 0 Å². The van der Waals surface area contributed by atoms with Crippen LogP contribution in [0.25, 0.3) is 0 Å². The lowest BCUT2D eigenvalue weighted by molar-refractivity contribution is -0.141. The number of carbonyl (C=O) groups is 1. The Bertz CT molecular complexity index is 176. The zero-order valence-corrected chi connectivity index (χ0v) is 5.45. The van der Waals surface area contributed by atoms with Crippen LogP contribution in [0.3, 0.4) is 0 Å². The summed E-state index contributed by atoms with van der Waals surface area (Å²) in [7, 11) is 0. The molecule has 2 N–H and O–H groups in total. The molecule has 1 saturated carbocycles. The Kier molecular flexibility index (Phi) is 1.89. The summed E-state index contributed by atoms with van der Waals surface area (Å²) in [6.45, 7) is 0. The molecule has 1 atom stereocenters. The molecule has 0 heterocycles. The Balaban J connectivity index is 2.51. The molecule has 0 aliphatic heterocycles. The molecule has 0 radical (unpaired) electrons. The van der Waals surface area contributed by atoms with Crippen LogP contribution >= 0.6 is 0 Å². The molecule has 1 fully saturated rings. The summed E-state index contributed by atoms with van der Waals surface area (Å²) >= 11 is 0. The van der Waals surface area contributed by atoms with Gasteiger partial charge in [0.2, 0.25) is 0 Å². The van der Waals surface area contributed by atoms with Gasteiger partial charge in [-0.1, -0.05) is 5.16 Å². The Morgan fingerprint density at radius 1 is 1.70 bits per heavy atom. The largest absolute Gasteiger partial charge is 0.481 e. The van der Waals surface area contributed by atoms with E-state index in [2.05, 4.69) is 5.16 Å². The van der Waals surface area contributed by atoms with Crippen molar-refractivity contribution in [1.29, 1.82) is 0 Å². The maximum atomic E-state index is 10.3. The van der Waals surface area contributed by atoms with Gasteiger partial charge in [-0.15, -0.1) is 0 Å². The molecular formula is C6H9NO3. The van der Waals surface area contributed by atoms with Gasteiger partial charge in [-0.05, 0) is 12.8 Å². The van der Waals surface area contributed by atoms with E-state index >= 15 is 0 Å². The van der Waals surface area contributed by atoms with Crippen molar-refractivity contribution in [2.45, 2.75) is 19.3 Å². The average molecular weight is 143 g/mol. The van der Waals surface area contributed by atoms with Crippen LogP contribution in [0.5, 0.6) is 0 Å². The van der Waals surface area contributed by atoms with Crippen molar-refractivity contribution in [3.63, 3.8) is 0 Å². The Morgan fingerprint density at radius 3 is 2.70 bits per heavy atom. The highest BCUT2D eigenvalue weighted by Crippen LogP contribution is 2.22. The van der Waals surface area contributed by atoms with Crippen LogP contribution in [0.4, 0.5) is 0 Å². The first-order valence-electron chi connectivity index (χ1n) is 3.16. The maximum absolute atomic E-state index is 10.3. The first-order chi connectivity index (χ1) is 4.74. The van der Waals surface area contributed by atoms with E-state index in [1.807, 2.05) is 0 Å². The van der Waals surface area contributed by atoms with Crippen molar-refractivity contribution in [2.24, 2.45) is 11.1 Å². The highest BCUT2D eigenvalue weighted by Gasteiger charge is 2.26. The molecule has 1 aliphatic rings. The number of hydrogen-bond donors (Lipinski definition) is 2. The number of oxime groups is 1. The van der Waals surface area contributed by atoms with Crippen LogP contribution in [-0.4, -0.2) is 22.0 Å². The Labute approximate surface area is 58.2 Å².